The summed E-state index contributed by atoms with van der Waals surface area (Å²) >= 11 is 1.49. The zero-order valence-electron chi connectivity index (χ0n) is 15.4. The Hall–Kier alpha value is -2.99. The summed E-state index contributed by atoms with van der Waals surface area (Å²) in [5.74, 6) is 0.254. The number of fused-ring (bicyclic) bond motifs is 1. The molecule has 4 rings (SSSR count). The lowest BCUT2D eigenvalue weighted by Gasteiger charge is -2.18. The average molecular weight is 394 g/mol. The lowest BCUT2D eigenvalue weighted by Crippen LogP contribution is -2.31. The van der Waals surface area contributed by atoms with Gasteiger partial charge in [0.05, 0.1) is 29.4 Å². The normalized spacial score (nSPS) is 11.1. The van der Waals surface area contributed by atoms with Crippen molar-refractivity contribution in [1.29, 1.82) is 0 Å². The SMILES string of the molecule is CCc1cccc2sc(N(Cc3ccco3)C(=O)Cc3ccc(F)cc3)nc12. The number of aromatic nitrogens is 1. The third-order valence-electron chi connectivity index (χ3n) is 4.57. The minimum atomic E-state index is -0.318. The summed E-state index contributed by atoms with van der Waals surface area (Å²) in [6, 6.07) is 15.7. The highest BCUT2D eigenvalue weighted by Gasteiger charge is 2.22. The number of thiazole rings is 1. The second-order valence-corrected chi connectivity index (χ2v) is 7.49. The minimum absolute atomic E-state index is 0.111. The summed E-state index contributed by atoms with van der Waals surface area (Å²) in [6.07, 6.45) is 2.63. The first-order valence-electron chi connectivity index (χ1n) is 9.09. The van der Waals surface area contributed by atoms with Crippen LogP contribution in [-0.4, -0.2) is 10.9 Å². The third-order valence-corrected chi connectivity index (χ3v) is 5.61. The molecule has 0 aliphatic rings. The number of furan rings is 1. The summed E-state index contributed by atoms with van der Waals surface area (Å²) in [5, 5.41) is 0.638. The van der Waals surface area contributed by atoms with Crippen molar-refractivity contribution in [3.05, 3.63) is 83.6 Å². The van der Waals surface area contributed by atoms with Crippen LogP contribution in [0.2, 0.25) is 0 Å². The first-order valence-corrected chi connectivity index (χ1v) is 9.91. The molecule has 0 spiro atoms. The number of anilines is 1. The van der Waals surface area contributed by atoms with E-state index < -0.39 is 0 Å². The molecule has 4 aromatic rings. The molecule has 0 bridgehead atoms. The molecule has 0 unspecified atom stereocenters. The van der Waals surface area contributed by atoms with Crippen LogP contribution < -0.4 is 4.90 Å². The van der Waals surface area contributed by atoms with Crippen LogP contribution in [0.1, 0.15) is 23.8 Å². The molecule has 1 amide bonds. The maximum absolute atomic E-state index is 13.2. The van der Waals surface area contributed by atoms with Gasteiger partial charge in [0.1, 0.15) is 11.6 Å². The van der Waals surface area contributed by atoms with E-state index in [-0.39, 0.29) is 18.1 Å². The molecule has 0 saturated carbocycles. The van der Waals surface area contributed by atoms with Gasteiger partial charge in [-0.25, -0.2) is 9.37 Å². The molecular weight excluding hydrogens is 375 g/mol. The van der Waals surface area contributed by atoms with Crippen LogP contribution in [0.5, 0.6) is 0 Å². The number of hydrogen-bond acceptors (Lipinski definition) is 4. The van der Waals surface area contributed by atoms with Crippen LogP contribution in [0.15, 0.2) is 65.3 Å². The second kappa shape index (κ2) is 7.94. The van der Waals surface area contributed by atoms with E-state index in [0.717, 1.165) is 27.8 Å². The zero-order chi connectivity index (χ0) is 19.5. The summed E-state index contributed by atoms with van der Waals surface area (Å²) in [7, 11) is 0. The lowest BCUT2D eigenvalue weighted by atomic mass is 10.1. The van der Waals surface area contributed by atoms with Crippen molar-refractivity contribution in [2.75, 3.05) is 4.90 Å². The Kier molecular flexibility index (Phi) is 5.21. The van der Waals surface area contributed by atoms with Crippen molar-refractivity contribution in [2.45, 2.75) is 26.3 Å². The fourth-order valence-electron chi connectivity index (χ4n) is 3.09. The molecule has 0 aliphatic heterocycles. The molecule has 0 atom stereocenters. The largest absolute Gasteiger partial charge is 0.467 e. The van der Waals surface area contributed by atoms with E-state index in [2.05, 4.69) is 13.0 Å². The molecule has 28 heavy (non-hydrogen) atoms. The van der Waals surface area contributed by atoms with E-state index in [1.807, 2.05) is 18.2 Å². The van der Waals surface area contributed by atoms with Crippen molar-refractivity contribution in [1.82, 2.24) is 4.98 Å². The van der Waals surface area contributed by atoms with Gasteiger partial charge in [-0.2, -0.15) is 0 Å². The van der Waals surface area contributed by atoms with Gasteiger partial charge >= 0.3 is 0 Å². The van der Waals surface area contributed by atoms with Crippen LogP contribution in [0.4, 0.5) is 9.52 Å². The lowest BCUT2D eigenvalue weighted by molar-refractivity contribution is -0.118. The first kappa shape index (κ1) is 18.4. The van der Waals surface area contributed by atoms with Crippen molar-refractivity contribution < 1.29 is 13.6 Å². The quantitative estimate of drug-likeness (QED) is 0.442. The first-order chi connectivity index (χ1) is 13.6. The number of benzene rings is 2. The Morgan fingerprint density at radius 3 is 2.68 bits per heavy atom. The maximum Gasteiger partial charge on any atom is 0.233 e. The maximum atomic E-state index is 13.2. The molecule has 2 aromatic heterocycles. The Morgan fingerprint density at radius 1 is 1.14 bits per heavy atom. The molecular formula is C22H19FN2O2S. The van der Waals surface area contributed by atoms with Gasteiger partial charge in [-0.15, -0.1) is 0 Å². The molecule has 0 aliphatic carbocycles. The number of carbonyl (C=O) groups is 1. The predicted octanol–water partition coefficient (Wildman–Crippen LogP) is 5.37. The van der Waals surface area contributed by atoms with Crippen molar-refractivity contribution in [3.63, 3.8) is 0 Å². The Bertz CT molecular complexity index is 1090. The number of para-hydroxylation sites is 1. The van der Waals surface area contributed by atoms with Crippen molar-refractivity contribution in [2.24, 2.45) is 0 Å². The van der Waals surface area contributed by atoms with E-state index in [1.165, 1.54) is 23.5 Å². The number of nitrogens with zero attached hydrogens (tertiary/aromatic N) is 2. The zero-order valence-corrected chi connectivity index (χ0v) is 16.2. The summed E-state index contributed by atoms with van der Waals surface area (Å²) in [4.78, 5) is 19.5. The van der Waals surface area contributed by atoms with Gasteiger partial charge in [-0.3, -0.25) is 9.69 Å². The second-order valence-electron chi connectivity index (χ2n) is 6.48. The van der Waals surface area contributed by atoms with Crippen molar-refractivity contribution >= 4 is 32.6 Å². The molecule has 2 heterocycles. The molecule has 2 aromatic carbocycles. The van der Waals surface area contributed by atoms with Crippen LogP contribution in [-0.2, 0) is 24.2 Å². The number of halogens is 1. The Morgan fingerprint density at radius 2 is 1.96 bits per heavy atom. The van der Waals surface area contributed by atoms with Gasteiger partial charge in [0.25, 0.3) is 0 Å². The number of carbonyl (C=O) groups excluding carboxylic acids is 1. The van der Waals surface area contributed by atoms with E-state index in [1.54, 1.807) is 29.4 Å². The molecule has 4 nitrogen and oxygen atoms in total. The standard InChI is InChI=1S/C22H19FN2O2S/c1-2-16-5-3-7-19-21(16)24-22(28-19)25(14-18-6-4-12-27-18)20(26)13-15-8-10-17(23)11-9-15/h3-12H,2,13-14H2,1H3. The fourth-order valence-corrected chi connectivity index (χ4v) is 4.12. The Labute approximate surface area is 166 Å². The molecule has 0 fully saturated rings. The number of rotatable bonds is 6. The Balaban J connectivity index is 1.68. The molecule has 6 heteroatoms. The van der Waals surface area contributed by atoms with Crippen LogP contribution in [0.25, 0.3) is 10.2 Å². The minimum Gasteiger partial charge on any atom is -0.467 e. The van der Waals surface area contributed by atoms with Crippen molar-refractivity contribution in [3.8, 4) is 0 Å². The molecule has 0 radical (unpaired) electrons. The van der Waals surface area contributed by atoms with Gasteiger partial charge in [0.2, 0.25) is 5.91 Å². The highest BCUT2D eigenvalue weighted by molar-refractivity contribution is 7.22. The summed E-state index contributed by atoms with van der Waals surface area (Å²) in [5.41, 5.74) is 2.85. The van der Waals surface area contributed by atoms with Gasteiger partial charge in [0, 0.05) is 0 Å². The van der Waals surface area contributed by atoms with Gasteiger partial charge in [-0.1, -0.05) is 42.5 Å². The topological polar surface area (TPSA) is 46.3 Å². The van der Waals surface area contributed by atoms with E-state index >= 15 is 0 Å². The van der Waals surface area contributed by atoms with Crippen LogP contribution in [0, 0.1) is 5.82 Å². The number of hydrogen-bond donors (Lipinski definition) is 0. The number of amides is 1. The fraction of sp³-hybridized carbons (Fsp3) is 0.182. The van der Waals surface area contributed by atoms with E-state index in [0.29, 0.717) is 17.4 Å². The van der Waals surface area contributed by atoms with E-state index in [4.69, 9.17) is 9.40 Å². The van der Waals surface area contributed by atoms with E-state index in [9.17, 15) is 9.18 Å². The molecule has 0 saturated heterocycles. The highest BCUT2D eigenvalue weighted by Crippen LogP contribution is 2.32. The summed E-state index contributed by atoms with van der Waals surface area (Å²) < 4.78 is 19.7. The van der Waals surface area contributed by atoms with Gasteiger partial charge < -0.3 is 4.42 Å². The van der Waals surface area contributed by atoms with Gasteiger partial charge in [-0.05, 0) is 47.9 Å². The average Bonchev–Trinajstić information content (AvgIpc) is 3.36. The molecule has 142 valence electrons. The van der Waals surface area contributed by atoms with Crippen LogP contribution in [0.3, 0.4) is 0 Å². The molecule has 0 N–H and O–H groups in total. The highest BCUT2D eigenvalue weighted by atomic mass is 32.1. The predicted molar refractivity (Wildman–Crippen MR) is 109 cm³/mol. The monoisotopic (exact) mass is 394 g/mol. The summed E-state index contributed by atoms with van der Waals surface area (Å²) in [6.45, 7) is 2.39. The van der Waals surface area contributed by atoms with Crippen LogP contribution >= 0.6 is 11.3 Å². The van der Waals surface area contributed by atoms with Gasteiger partial charge in [0.15, 0.2) is 5.13 Å². The number of aryl methyl sites for hydroxylation is 1. The smallest absolute Gasteiger partial charge is 0.233 e. The third kappa shape index (κ3) is 3.82.